The van der Waals surface area contributed by atoms with Gasteiger partial charge in [0, 0.05) is 42.4 Å². The molecule has 1 saturated heterocycles. The molecule has 1 fully saturated rings. The lowest BCUT2D eigenvalue weighted by atomic mass is 9.83. The third-order valence-corrected chi connectivity index (χ3v) is 6.53. The number of carboxylic acids is 1. The smallest absolute Gasteiger partial charge is 0.335 e. The Morgan fingerprint density at radius 3 is 2.35 bits per heavy atom. The zero-order valence-electron chi connectivity index (χ0n) is 18.3. The van der Waals surface area contributed by atoms with Crippen LogP contribution in [0.3, 0.4) is 0 Å². The number of fused-ring (bicyclic) bond motifs is 4. The number of carbonyl (C=O) groups is 3. The molecule has 8 nitrogen and oxygen atoms in total. The molecule has 2 aliphatic heterocycles. The summed E-state index contributed by atoms with van der Waals surface area (Å²) in [4.78, 5) is 51.8. The number of benzene rings is 2. The van der Waals surface area contributed by atoms with E-state index < -0.39 is 5.97 Å². The number of hydrogen-bond donors (Lipinski definition) is 2. The van der Waals surface area contributed by atoms with Gasteiger partial charge in [0.25, 0.3) is 17.4 Å². The minimum Gasteiger partial charge on any atom is -0.478 e. The molecule has 2 unspecified atom stereocenters. The molecule has 5 rings (SSSR count). The van der Waals surface area contributed by atoms with Crippen LogP contribution in [0.4, 0.5) is 5.69 Å². The first-order chi connectivity index (χ1) is 16.4. The van der Waals surface area contributed by atoms with Gasteiger partial charge in [-0.25, -0.2) is 4.79 Å². The van der Waals surface area contributed by atoms with Crippen molar-refractivity contribution in [2.45, 2.75) is 18.9 Å². The van der Waals surface area contributed by atoms with E-state index in [-0.39, 0.29) is 40.5 Å². The first-order valence-corrected chi connectivity index (χ1v) is 11.1. The third kappa shape index (κ3) is 3.98. The van der Waals surface area contributed by atoms with E-state index in [0.717, 1.165) is 12.1 Å². The molecule has 2 aliphatic rings. The highest BCUT2D eigenvalue weighted by atomic mass is 16.4. The Bertz CT molecular complexity index is 1350. The summed E-state index contributed by atoms with van der Waals surface area (Å²) in [6, 6.07) is 18.3. The van der Waals surface area contributed by atoms with Crippen LogP contribution in [0.5, 0.6) is 0 Å². The highest BCUT2D eigenvalue weighted by molar-refractivity contribution is 6.04. The van der Waals surface area contributed by atoms with E-state index in [2.05, 4.69) is 5.32 Å². The number of anilines is 1. The number of piperidine rings is 1. The number of pyridine rings is 1. The van der Waals surface area contributed by atoms with Gasteiger partial charge in [0.05, 0.1) is 5.56 Å². The van der Waals surface area contributed by atoms with Crippen LogP contribution in [0.2, 0.25) is 0 Å². The zero-order valence-corrected chi connectivity index (χ0v) is 18.3. The molecule has 1 aromatic heterocycles. The normalized spacial score (nSPS) is 18.6. The summed E-state index contributed by atoms with van der Waals surface area (Å²) in [5.74, 6) is -1.54. The van der Waals surface area contributed by atoms with Gasteiger partial charge in [-0.2, -0.15) is 0 Å². The van der Waals surface area contributed by atoms with Crippen molar-refractivity contribution in [1.82, 2.24) is 9.47 Å². The van der Waals surface area contributed by atoms with Gasteiger partial charge in [-0.3, -0.25) is 14.4 Å². The Balaban J connectivity index is 1.37. The second kappa shape index (κ2) is 8.62. The van der Waals surface area contributed by atoms with Gasteiger partial charge in [-0.05, 0) is 54.8 Å². The van der Waals surface area contributed by atoms with E-state index in [1.807, 2.05) is 12.1 Å². The molecule has 0 saturated carbocycles. The molecule has 3 aromatic rings. The van der Waals surface area contributed by atoms with Gasteiger partial charge in [0.2, 0.25) is 0 Å². The van der Waals surface area contributed by atoms with Crippen LogP contribution < -0.4 is 10.9 Å². The fraction of sp³-hybridized carbons (Fsp3) is 0.231. The lowest BCUT2D eigenvalue weighted by Crippen LogP contribution is -2.49. The molecule has 2 N–H and O–H groups in total. The van der Waals surface area contributed by atoms with Gasteiger partial charge in [0.1, 0.15) is 5.69 Å². The Morgan fingerprint density at radius 1 is 0.853 bits per heavy atom. The molecule has 8 heteroatoms. The second-order valence-electron chi connectivity index (χ2n) is 8.80. The van der Waals surface area contributed by atoms with E-state index in [0.29, 0.717) is 30.8 Å². The van der Waals surface area contributed by atoms with E-state index in [1.165, 1.54) is 12.1 Å². The molecule has 2 aromatic carbocycles. The molecular weight excluding hydrogens is 434 g/mol. The topological polar surface area (TPSA) is 109 Å². The maximum atomic E-state index is 13.2. The molecule has 3 heterocycles. The van der Waals surface area contributed by atoms with Crippen molar-refractivity contribution < 1.29 is 19.5 Å². The van der Waals surface area contributed by atoms with Crippen LogP contribution in [0.1, 0.15) is 49.1 Å². The second-order valence-corrected chi connectivity index (χ2v) is 8.80. The fourth-order valence-corrected chi connectivity index (χ4v) is 4.96. The Labute approximate surface area is 195 Å². The lowest BCUT2D eigenvalue weighted by Gasteiger charge is -2.43. The van der Waals surface area contributed by atoms with Crippen LogP contribution in [0.15, 0.2) is 71.5 Å². The summed E-state index contributed by atoms with van der Waals surface area (Å²) in [6.07, 6.45) is 0.869. The number of carbonyl (C=O) groups excluding carboxylic acids is 2. The average molecular weight is 457 g/mol. The number of nitrogens with zero attached hydrogens (tertiary/aromatic N) is 2. The SMILES string of the molecule is O=C(O)c1cccc(C(=O)N2CC3CC(C2)c2ccc(NC(=O)c4ccccc4)c(=O)n2C3)c1. The van der Waals surface area contributed by atoms with E-state index in [1.54, 1.807) is 51.9 Å². The van der Waals surface area contributed by atoms with Crippen molar-refractivity contribution in [2.24, 2.45) is 5.92 Å². The quantitative estimate of drug-likeness (QED) is 0.626. The maximum Gasteiger partial charge on any atom is 0.335 e. The van der Waals surface area contributed by atoms with Crippen LogP contribution in [0.25, 0.3) is 0 Å². The average Bonchev–Trinajstić information content (AvgIpc) is 2.86. The van der Waals surface area contributed by atoms with E-state index >= 15 is 0 Å². The molecule has 0 aliphatic carbocycles. The Morgan fingerprint density at radius 2 is 1.59 bits per heavy atom. The molecule has 2 bridgehead atoms. The van der Waals surface area contributed by atoms with Crippen molar-refractivity contribution in [3.8, 4) is 0 Å². The highest BCUT2D eigenvalue weighted by Crippen LogP contribution is 2.36. The number of carboxylic acid groups (broad SMARTS) is 1. The van der Waals surface area contributed by atoms with Crippen molar-refractivity contribution in [2.75, 3.05) is 18.4 Å². The predicted octanol–water partition coefficient (Wildman–Crippen LogP) is 3.06. The molecule has 0 radical (unpaired) electrons. The predicted molar refractivity (Wildman–Crippen MR) is 125 cm³/mol. The standard InChI is InChI=1S/C26H23N3O5/c30-23(17-5-2-1-3-6-17)27-21-9-10-22-20-11-16(14-29(22)25(21)32)13-28(15-20)24(31)18-7-4-8-19(12-18)26(33)34/h1-10,12,16,20H,11,13-15H2,(H,27,30)(H,33,34). The van der Waals surface area contributed by atoms with Crippen molar-refractivity contribution in [1.29, 1.82) is 0 Å². The number of amides is 2. The number of aromatic nitrogens is 1. The van der Waals surface area contributed by atoms with Crippen LogP contribution >= 0.6 is 0 Å². The zero-order chi connectivity index (χ0) is 23.8. The summed E-state index contributed by atoms with van der Waals surface area (Å²) < 4.78 is 1.71. The van der Waals surface area contributed by atoms with Gasteiger partial charge < -0.3 is 19.9 Å². The van der Waals surface area contributed by atoms with Crippen molar-refractivity contribution >= 4 is 23.5 Å². The van der Waals surface area contributed by atoms with Gasteiger partial charge in [-0.15, -0.1) is 0 Å². The number of aromatic carboxylic acids is 1. The van der Waals surface area contributed by atoms with Crippen molar-refractivity contribution in [3.05, 3.63) is 99.5 Å². The number of nitrogens with one attached hydrogen (secondary N) is 1. The van der Waals surface area contributed by atoms with Crippen LogP contribution in [-0.2, 0) is 6.54 Å². The molecule has 2 atom stereocenters. The highest BCUT2D eigenvalue weighted by Gasteiger charge is 2.37. The van der Waals surface area contributed by atoms with Crippen molar-refractivity contribution in [3.63, 3.8) is 0 Å². The number of likely N-dealkylation sites (tertiary alicyclic amines) is 1. The van der Waals surface area contributed by atoms with Crippen LogP contribution in [-0.4, -0.2) is 45.4 Å². The van der Waals surface area contributed by atoms with Gasteiger partial charge >= 0.3 is 5.97 Å². The first-order valence-electron chi connectivity index (χ1n) is 11.1. The van der Waals surface area contributed by atoms with E-state index in [9.17, 15) is 24.3 Å². The summed E-state index contributed by atoms with van der Waals surface area (Å²) in [5, 5.41) is 11.9. The monoisotopic (exact) mass is 457 g/mol. The summed E-state index contributed by atoms with van der Waals surface area (Å²) in [7, 11) is 0. The largest absolute Gasteiger partial charge is 0.478 e. The summed E-state index contributed by atoms with van der Waals surface area (Å²) >= 11 is 0. The lowest BCUT2D eigenvalue weighted by molar-refractivity contribution is 0.0594. The Hall–Kier alpha value is -4.20. The summed E-state index contributed by atoms with van der Waals surface area (Å²) in [6.45, 7) is 1.39. The Kier molecular flexibility index (Phi) is 5.49. The fourth-order valence-electron chi connectivity index (χ4n) is 4.96. The molecule has 2 amide bonds. The van der Waals surface area contributed by atoms with Gasteiger partial charge in [-0.1, -0.05) is 24.3 Å². The minimum absolute atomic E-state index is 0.00863. The first kappa shape index (κ1) is 21.6. The van der Waals surface area contributed by atoms with Crippen LogP contribution in [0, 0.1) is 5.92 Å². The molecule has 0 spiro atoms. The third-order valence-electron chi connectivity index (χ3n) is 6.53. The van der Waals surface area contributed by atoms with E-state index in [4.69, 9.17) is 0 Å². The molecule has 34 heavy (non-hydrogen) atoms. The maximum absolute atomic E-state index is 13.2. The molecular formula is C26H23N3O5. The molecule has 172 valence electrons. The van der Waals surface area contributed by atoms with Gasteiger partial charge in [0.15, 0.2) is 0 Å². The summed E-state index contributed by atoms with van der Waals surface area (Å²) in [5.41, 5.74) is 1.72. The minimum atomic E-state index is -1.08. The number of hydrogen-bond acceptors (Lipinski definition) is 4. The number of rotatable bonds is 4.